The fourth-order valence-corrected chi connectivity index (χ4v) is 3.83. The van der Waals surface area contributed by atoms with E-state index in [4.69, 9.17) is 0 Å². The minimum atomic E-state index is -0.569. The van der Waals surface area contributed by atoms with Crippen molar-refractivity contribution in [1.82, 2.24) is 15.1 Å². The topological polar surface area (TPSA) is 69.7 Å². The highest BCUT2D eigenvalue weighted by molar-refractivity contribution is 6.35. The van der Waals surface area contributed by atoms with Crippen LogP contribution in [-0.4, -0.2) is 59.7 Å². The summed E-state index contributed by atoms with van der Waals surface area (Å²) >= 11 is 0. The predicted molar refractivity (Wildman–Crippen MR) is 98.6 cm³/mol. The Labute approximate surface area is 154 Å². The Bertz CT molecular complexity index is 693. The first-order valence-corrected chi connectivity index (χ1v) is 9.43. The quantitative estimate of drug-likeness (QED) is 0.811. The third-order valence-corrected chi connectivity index (χ3v) is 5.16. The van der Waals surface area contributed by atoms with Crippen LogP contribution in [0.3, 0.4) is 0 Å². The summed E-state index contributed by atoms with van der Waals surface area (Å²) < 4.78 is 0. The van der Waals surface area contributed by atoms with E-state index in [1.807, 2.05) is 30.9 Å². The van der Waals surface area contributed by atoms with Gasteiger partial charge in [0.1, 0.15) is 0 Å². The van der Waals surface area contributed by atoms with Gasteiger partial charge in [0.05, 0.1) is 5.92 Å². The van der Waals surface area contributed by atoms with Crippen LogP contribution in [-0.2, 0) is 20.8 Å². The van der Waals surface area contributed by atoms with Crippen LogP contribution in [0.1, 0.15) is 43.7 Å². The highest BCUT2D eigenvalue weighted by Crippen LogP contribution is 2.33. The molecule has 1 aromatic carbocycles. The highest BCUT2D eigenvalue weighted by atomic mass is 16.2. The van der Waals surface area contributed by atoms with Crippen LogP contribution in [0.4, 0.5) is 0 Å². The van der Waals surface area contributed by atoms with Gasteiger partial charge in [-0.3, -0.25) is 14.4 Å². The molecule has 0 radical (unpaired) electrons. The summed E-state index contributed by atoms with van der Waals surface area (Å²) in [6.07, 6.45) is 2.94. The van der Waals surface area contributed by atoms with Gasteiger partial charge < -0.3 is 15.1 Å². The molecule has 1 atom stereocenters. The van der Waals surface area contributed by atoms with E-state index in [-0.39, 0.29) is 17.9 Å². The Morgan fingerprint density at radius 3 is 2.38 bits per heavy atom. The van der Waals surface area contributed by atoms with Gasteiger partial charge in [-0.25, -0.2) is 0 Å². The largest absolute Gasteiger partial charge is 0.346 e. The van der Waals surface area contributed by atoms with Crippen molar-refractivity contribution in [3.8, 4) is 0 Å². The fraction of sp³-hybridized carbons (Fsp3) is 0.550. The van der Waals surface area contributed by atoms with E-state index in [0.29, 0.717) is 26.2 Å². The standard InChI is InChI=1S/C20H27N3O3/c1-14(2)21-18(24)20(26)23-12-10-22(11-13-23)19(25)17-9-5-7-15-6-3-4-8-16(15)17/h3-4,6,8,14,17H,5,7,9-13H2,1-2H3,(H,21,24). The van der Waals surface area contributed by atoms with Crippen molar-refractivity contribution in [3.05, 3.63) is 35.4 Å². The molecule has 3 rings (SSSR count). The molecule has 1 unspecified atom stereocenters. The molecule has 0 aromatic heterocycles. The van der Waals surface area contributed by atoms with Gasteiger partial charge in [0.15, 0.2) is 0 Å². The number of carbonyl (C=O) groups excluding carboxylic acids is 3. The van der Waals surface area contributed by atoms with E-state index >= 15 is 0 Å². The van der Waals surface area contributed by atoms with Crippen molar-refractivity contribution >= 4 is 17.7 Å². The summed E-state index contributed by atoms with van der Waals surface area (Å²) in [5.41, 5.74) is 2.43. The zero-order valence-corrected chi connectivity index (χ0v) is 15.5. The summed E-state index contributed by atoms with van der Waals surface area (Å²) in [5, 5.41) is 2.63. The molecule has 140 valence electrons. The van der Waals surface area contributed by atoms with Gasteiger partial charge in [0, 0.05) is 32.2 Å². The molecule has 1 N–H and O–H groups in total. The lowest BCUT2D eigenvalue weighted by Crippen LogP contribution is -2.55. The number of aryl methyl sites for hydroxylation is 1. The normalized spacial score (nSPS) is 19.9. The highest BCUT2D eigenvalue weighted by Gasteiger charge is 2.33. The molecule has 1 aromatic rings. The third-order valence-electron chi connectivity index (χ3n) is 5.16. The lowest BCUT2D eigenvalue weighted by atomic mass is 9.82. The molecule has 1 saturated heterocycles. The summed E-state index contributed by atoms with van der Waals surface area (Å²) in [4.78, 5) is 40.5. The zero-order valence-electron chi connectivity index (χ0n) is 15.5. The van der Waals surface area contributed by atoms with E-state index < -0.39 is 11.8 Å². The van der Waals surface area contributed by atoms with Crippen LogP contribution in [0, 0.1) is 0 Å². The second-order valence-corrected chi connectivity index (χ2v) is 7.39. The van der Waals surface area contributed by atoms with Crippen LogP contribution in [0.15, 0.2) is 24.3 Å². The molecule has 1 fully saturated rings. The molecule has 0 saturated carbocycles. The van der Waals surface area contributed by atoms with Crippen molar-refractivity contribution in [2.24, 2.45) is 0 Å². The fourth-order valence-electron chi connectivity index (χ4n) is 3.83. The number of hydrogen-bond acceptors (Lipinski definition) is 3. The van der Waals surface area contributed by atoms with Gasteiger partial charge in [-0.2, -0.15) is 0 Å². The summed E-state index contributed by atoms with van der Waals surface area (Å²) in [6.45, 7) is 5.43. The maximum absolute atomic E-state index is 13.0. The lowest BCUT2D eigenvalue weighted by molar-refractivity contribution is -0.148. The maximum Gasteiger partial charge on any atom is 0.312 e. The van der Waals surface area contributed by atoms with Crippen molar-refractivity contribution in [2.75, 3.05) is 26.2 Å². The number of nitrogens with zero attached hydrogens (tertiary/aromatic N) is 2. The molecule has 1 aliphatic heterocycles. The molecule has 6 nitrogen and oxygen atoms in total. The van der Waals surface area contributed by atoms with Gasteiger partial charge in [-0.1, -0.05) is 24.3 Å². The maximum atomic E-state index is 13.0. The zero-order chi connectivity index (χ0) is 18.7. The Morgan fingerprint density at radius 2 is 1.69 bits per heavy atom. The smallest absolute Gasteiger partial charge is 0.312 e. The number of rotatable bonds is 2. The molecule has 2 aliphatic rings. The van der Waals surface area contributed by atoms with E-state index in [0.717, 1.165) is 24.8 Å². The number of nitrogens with one attached hydrogen (secondary N) is 1. The SMILES string of the molecule is CC(C)NC(=O)C(=O)N1CCN(C(=O)C2CCCc3ccccc32)CC1. The molecule has 6 heteroatoms. The number of hydrogen-bond donors (Lipinski definition) is 1. The number of amides is 3. The Hall–Kier alpha value is -2.37. The van der Waals surface area contributed by atoms with E-state index in [2.05, 4.69) is 17.4 Å². The van der Waals surface area contributed by atoms with Crippen LogP contribution >= 0.6 is 0 Å². The minimum Gasteiger partial charge on any atom is -0.346 e. The minimum absolute atomic E-state index is 0.0688. The number of benzene rings is 1. The molecule has 0 spiro atoms. The second-order valence-electron chi connectivity index (χ2n) is 7.39. The van der Waals surface area contributed by atoms with Crippen LogP contribution in [0.5, 0.6) is 0 Å². The summed E-state index contributed by atoms with van der Waals surface area (Å²) in [7, 11) is 0. The van der Waals surface area contributed by atoms with E-state index in [1.165, 1.54) is 10.5 Å². The third kappa shape index (κ3) is 3.89. The van der Waals surface area contributed by atoms with Crippen molar-refractivity contribution in [1.29, 1.82) is 0 Å². The average Bonchev–Trinajstić information content (AvgIpc) is 2.66. The molecule has 26 heavy (non-hydrogen) atoms. The first-order chi connectivity index (χ1) is 12.5. The first kappa shape index (κ1) is 18.4. The summed E-state index contributed by atoms with van der Waals surface area (Å²) in [5.74, 6) is -1.00. The number of piperazine rings is 1. The van der Waals surface area contributed by atoms with Gasteiger partial charge >= 0.3 is 11.8 Å². The Balaban J connectivity index is 1.59. The lowest BCUT2D eigenvalue weighted by Gasteiger charge is -2.37. The monoisotopic (exact) mass is 357 g/mol. The Kier molecular flexibility index (Phi) is 5.59. The molecular formula is C20H27N3O3. The van der Waals surface area contributed by atoms with Gasteiger partial charge in [-0.05, 0) is 44.2 Å². The molecule has 1 aliphatic carbocycles. The number of fused-ring (bicyclic) bond motifs is 1. The van der Waals surface area contributed by atoms with Crippen LogP contribution in [0.25, 0.3) is 0 Å². The molecular weight excluding hydrogens is 330 g/mol. The van der Waals surface area contributed by atoms with Crippen molar-refractivity contribution < 1.29 is 14.4 Å². The van der Waals surface area contributed by atoms with E-state index in [9.17, 15) is 14.4 Å². The van der Waals surface area contributed by atoms with Crippen LogP contribution < -0.4 is 5.32 Å². The molecule has 0 bridgehead atoms. The summed E-state index contributed by atoms with van der Waals surface area (Å²) in [6, 6.07) is 8.12. The van der Waals surface area contributed by atoms with Crippen molar-refractivity contribution in [3.63, 3.8) is 0 Å². The Morgan fingerprint density at radius 1 is 1.04 bits per heavy atom. The predicted octanol–water partition coefficient (Wildman–Crippen LogP) is 1.30. The molecule has 1 heterocycles. The second kappa shape index (κ2) is 7.89. The van der Waals surface area contributed by atoms with Crippen LogP contribution in [0.2, 0.25) is 0 Å². The van der Waals surface area contributed by atoms with E-state index in [1.54, 1.807) is 0 Å². The number of carbonyl (C=O) groups is 3. The van der Waals surface area contributed by atoms with Gasteiger partial charge in [-0.15, -0.1) is 0 Å². The van der Waals surface area contributed by atoms with Gasteiger partial charge in [0.2, 0.25) is 5.91 Å². The molecule has 3 amide bonds. The van der Waals surface area contributed by atoms with Crippen molar-refractivity contribution in [2.45, 2.75) is 45.1 Å². The average molecular weight is 357 g/mol. The van der Waals surface area contributed by atoms with Gasteiger partial charge in [0.25, 0.3) is 0 Å². The first-order valence-electron chi connectivity index (χ1n) is 9.43.